The highest BCUT2D eigenvalue weighted by molar-refractivity contribution is 6.45. The Morgan fingerprint density at radius 1 is 1.03 bits per heavy atom. The van der Waals surface area contributed by atoms with Crippen molar-refractivity contribution in [2.45, 2.75) is 38.8 Å². The second kappa shape index (κ2) is 10.4. The summed E-state index contributed by atoms with van der Waals surface area (Å²) in [4.78, 5) is 45.1. The number of nitrogens with zero attached hydrogens (tertiary/aromatic N) is 4. The molecule has 0 saturated carbocycles. The van der Waals surface area contributed by atoms with Crippen LogP contribution in [-0.4, -0.2) is 75.7 Å². The molecule has 2 aliphatic rings. The fraction of sp³-hybridized carbons (Fsp3) is 0.393. The summed E-state index contributed by atoms with van der Waals surface area (Å²) >= 11 is 6.55. The van der Waals surface area contributed by atoms with E-state index >= 15 is 0 Å². The number of carbonyl (C=O) groups excluding carboxylic acids is 3. The van der Waals surface area contributed by atoms with E-state index in [0.717, 1.165) is 18.4 Å². The minimum absolute atomic E-state index is 0.0706. The van der Waals surface area contributed by atoms with Crippen LogP contribution in [0.1, 0.15) is 59.0 Å². The topological polar surface area (TPSA) is 91.9 Å². The molecule has 8 nitrogen and oxygen atoms in total. The first kappa shape index (κ1) is 26.2. The summed E-state index contributed by atoms with van der Waals surface area (Å²) in [6.07, 6.45) is 3.17. The van der Waals surface area contributed by atoms with E-state index in [2.05, 4.69) is 11.8 Å². The quantitative estimate of drug-likeness (QED) is 0.302. The van der Waals surface area contributed by atoms with Crippen LogP contribution in [0.15, 0.2) is 42.6 Å². The van der Waals surface area contributed by atoms with E-state index in [1.807, 2.05) is 6.92 Å². The molecule has 2 aromatic carbocycles. The maximum absolute atomic E-state index is 13.7. The molecule has 2 fully saturated rings. The summed E-state index contributed by atoms with van der Waals surface area (Å²) < 4.78 is 14.6. The Balaban J connectivity index is 1.38. The van der Waals surface area contributed by atoms with Crippen LogP contribution in [0, 0.1) is 5.82 Å². The Morgan fingerprint density at radius 3 is 2.37 bits per heavy atom. The van der Waals surface area contributed by atoms with E-state index in [0.29, 0.717) is 43.6 Å². The summed E-state index contributed by atoms with van der Waals surface area (Å²) in [6.45, 7) is 6.93. The lowest BCUT2D eigenvalue weighted by molar-refractivity contribution is -0.125. The van der Waals surface area contributed by atoms with Crippen molar-refractivity contribution in [2.75, 3.05) is 38.6 Å². The van der Waals surface area contributed by atoms with Gasteiger partial charge >= 0.3 is 0 Å². The number of aromatic nitrogens is 1. The fourth-order valence-corrected chi connectivity index (χ4v) is 5.78. The Labute approximate surface area is 225 Å². The standard InChI is InChI=1S/C28H31ClFN5O3/c1-17-15-33(18(2)19-5-7-20(30)8-6-19)11-12-34(17)27(37)22-13-21-23(16-35(31)25(21)14-24(22)29)26(36)28(38)32-9-3-4-10-32/h5-8,13-14,16-18H,3-4,9-12,15,31H2,1-2H3/t17-,18-/m1/s1. The lowest BCUT2D eigenvalue weighted by Gasteiger charge is -2.42. The van der Waals surface area contributed by atoms with E-state index in [4.69, 9.17) is 17.4 Å². The summed E-state index contributed by atoms with van der Waals surface area (Å²) in [5.74, 6) is 4.38. The number of ketones is 1. The van der Waals surface area contributed by atoms with Crippen molar-refractivity contribution in [2.24, 2.45) is 0 Å². The normalized spacial score (nSPS) is 19.2. The van der Waals surface area contributed by atoms with Gasteiger partial charge in [0.2, 0.25) is 0 Å². The molecule has 0 spiro atoms. The maximum atomic E-state index is 13.7. The zero-order valence-electron chi connectivity index (χ0n) is 21.5. The average molecular weight is 540 g/mol. The van der Waals surface area contributed by atoms with Crippen molar-refractivity contribution in [3.8, 4) is 0 Å². The highest BCUT2D eigenvalue weighted by atomic mass is 35.5. The van der Waals surface area contributed by atoms with Gasteiger partial charge < -0.3 is 15.6 Å². The summed E-state index contributed by atoms with van der Waals surface area (Å²) in [5, 5.41) is 0.653. The number of nitrogen functional groups attached to an aromatic ring is 1. The van der Waals surface area contributed by atoms with Gasteiger partial charge in [0.05, 0.1) is 21.7 Å². The molecule has 10 heteroatoms. The second-order valence-electron chi connectivity index (χ2n) is 10.2. The molecule has 3 aromatic rings. The van der Waals surface area contributed by atoms with E-state index in [1.165, 1.54) is 23.0 Å². The van der Waals surface area contributed by atoms with Crippen LogP contribution in [0.4, 0.5) is 4.39 Å². The molecule has 2 atom stereocenters. The van der Waals surface area contributed by atoms with Crippen molar-refractivity contribution in [3.05, 3.63) is 70.1 Å². The molecule has 38 heavy (non-hydrogen) atoms. The zero-order valence-corrected chi connectivity index (χ0v) is 22.2. The largest absolute Gasteiger partial charge is 0.339 e. The monoisotopic (exact) mass is 539 g/mol. The number of Topliss-reactive ketones (excluding diaryl/α,β-unsaturated/α-hetero) is 1. The number of amides is 2. The third-order valence-corrected chi connectivity index (χ3v) is 8.12. The Hall–Kier alpha value is -3.43. The first-order chi connectivity index (χ1) is 18.2. The molecule has 2 aliphatic heterocycles. The van der Waals surface area contributed by atoms with Gasteiger partial charge in [-0.15, -0.1) is 0 Å². The van der Waals surface area contributed by atoms with Gasteiger partial charge in [-0.25, -0.2) is 4.39 Å². The van der Waals surface area contributed by atoms with Crippen LogP contribution in [0.3, 0.4) is 0 Å². The Morgan fingerprint density at radius 2 is 1.71 bits per heavy atom. The molecular weight excluding hydrogens is 509 g/mol. The van der Waals surface area contributed by atoms with Crippen molar-refractivity contribution in [3.63, 3.8) is 0 Å². The SMILES string of the molecule is C[C@H](c1ccc(F)cc1)N1CCN(C(=O)c2cc3c(C(=O)C(=O)N4CCCC4)cn(N)c3cc2Cl)[C@H](C)C1. The Bertz CT molecular complexity index is 1400. The predicted molar refractivity (Wildman–Crippen MR) is 144 cm³/mol. The predicted octanol–water partition coefficient (Wildman–Crippen LogP) is 3.86. The smallest absolute Gasteiger partial charge is 0.295 e. The summed E-state index contributed by atoms with van der Waals surface area (Å²) in [5.41, 5.74) is 1.91. The number of fused-ring (bicyclic) bond motifs is 1. The van der Waals surface area contributed by atoms with E-state index in [1.54, 1.807) is 34.1 Å². The minimum atomic E-state index is -0.640. The lowest BCUT2D eigenvalue weighted by atomic mass is 10.0. The van der Waals surface area contributed by atoms with Crippen LogP contribution in [0.2, 0.25) is 5.02 Å². The lowest BCUT2D eigenvalue weighted by Crippen LogP contribution is -2.54. The number of likely N-dealkylation sites (tertiary alicyclic amines) is 1. The van der Waals surface area contributed by atoms with E-state index < -0.39 is 11.7 Å². The van der Waals surface area contributed by atoms with Crippen LogP contribution in [-0.2, 0) is 4.79 Å². The molecule has 0 bridgehead atoms. The van der Waals surface area contributed by atoms with Crippen LogP contribution >= 0.6 is 11.6 Å². The van der Waals surface area contributed by atoms with Gasteiger partial charge in [-0.2, -0.15) is 0 Å². The second-order valence-corrected chi connectivity index (χ2v) is 10.6. The molecule has 2 N–H and O–H groups in total. The van der Waals surface area contributed by atoms with Crippen molar-refractivity contribution >= 4 is 40.1 Å². The molecule has 5 rings (SSSR count). The molecule has 2 saturated heterocycles. The van der Waals surface area contributed by atoms with Gasteiger partial charge in [0.15, 0.2) is 0 Å². The summed E-state index contributed by atoms with van der Waals surface area (Å²) in [6, 6.07) is 9.60. The van der Waals surface area contributed by atoms with Crippen LogP contribution in [0.5, 0.6) is 0 Å². The van der Waals surface area contributed by atoms with Crippen LogP contribution < -0.4 is 5.84 Å². The molecule has 2 amide bonds. The van der Waals surface area contributed by atoms with Crippen molar-refractivity contribution < 1.29 is 18.8 Å². The number of rotatable bonds is 5. The fourth-order valence-electron chi connectivity index (χ4n) is 5.54. The highest BCUT2D eigenvalue weighted by Gasteiger charge is 2.33. The van der Waals surface area contributed by atoms with Gasteiger partial charge in [-0.1, -0.05) is 23.7 Å². The van der Waals surface area contributed by atoms with E-state index in [9.17, 15) is 18.8 Å². The number of nitrogens with two attached hydrogens (primary N) is 1. The molecule has 1 aromatic heterocycles. The Kier molecular flexibility index (Phi) is 7.15. The molecular formula is C28H31ClFN5O3. The van der Waals surface area contributed by atoms with Gasteiger partial charge in [0.25, 0.3) is 17.6 Å². The molecule has 0 aliphatic carbocycles. The highest BCUT2D eigenvalue weighted by Crippen LogP contribution is 2.31. The van der Waals surface area contributed by atoms with Crippen molar-refractivity contribution in [1.29, 1.82) is 0 Å². The van der Waals surface area contributed by atoms with Gasteiger partial charge in [-0.3, -0.25) is 24.0 Å². The molecule has 3 heterocycles. The summed E-state index contributed by atoms with van der Waals surface area (Å²) in [7, 11) is 0. The van der Waals surface area contributed by atoms with Crippen LogP contribution in [0.25, 0.3) is 10.9 Å². The third kappa shape index (κ3) is 4.76. The minimum Gasteiger partial charge on any atom is -0.339 e. The number of halogens is 2. The van der Waals surface area contributed by atoms with Gasteiger partial charge in [-0.05, 0) is 56.5 Å². The third-order valence-electron chi connectivity index (χ3n) is 7.80. The van der Waals surface area contributed by atoms with Crippen molar-refractivity contribution in [1.82, 2.24) is 19.4 Å². The number of piperazine rings is 1. The average Bonchev–Trinajstić information content (AvgIpc) is 3.55. The van der Waals surface area contributed by atoms with Gasteiger partial charge in [0, 0.05) is 56.4 Å². The number of carbonyl (C=O) groups is 3. The zero-order chi connectivity index (χ0) is 27.1. The molecule has 0 unspecified atom stereocenters. The first-order valence-corrected chi connectivity index (χ1v) is 13.3. The molecule has 200 valence electrons. The first-order valence-electron chi connectivity index (χ1n) is 12.9. The number of hydrogen-bond acceptors (Lipinski definition) is 5. The van der Waals surface area contributed by atoms with Gasteiger partial charge in [0.1, 0.15) is 5.82 Å². The number of benzene rings is 2. The maximum Gasteiger partial charge on any atom is 0.295 e. The van der Waals surface area contributed by atoms with E-state index in [-0.39, 0.29) is 40.0 Å². The number of hydrogen-bond donors (Lipinski definition) is 1. The molecule has 0 radical (unpaired) electrons.